The van der Waals surface area contributed by atoms with Crippen LogP contribution in [-0.4, -0.2) is 0 Å². The number of rotatable bonds is 1. The van der Waals surface area contributed by atoms with Gasteiger partial charge in [-0.1, -0.05) is 43.3 Å². The van der Waals surface area contributed by atoms with Gasteiger partial charge in [-0.2, -0.15) is 0 Å². The SMILES string of the molecule is C#C.C=CC.CCc1ccccc1. The summed E-state index contributed by atoms with van der Waals surface area (Å²) in [6.45, 7) is 7.41. The van der Waals surface area contributed by atoms with Crippen molar-refractivity contribution >= 4 is 0 Å². The Bertz CT molecular complexity index is 206. The van der Waals surface area contributed by atoms with Gasteiger partial charge < -0.3 is 0 Å². The van der Waals surface area contributed by atoms with E-state index in [0.29, 0.717) is 0 Å². The third-order valence-electron chi connectivity index (χ3n) is 1.25. The van der Waals surface area contributed by atoms with Crippen LogP contribution in [0.1, 0.15) is 19.4 Å². The van der Waals surface area contributed by atoms with Gasteiger partial charge in [0.1, 0.15) is 0 Å². The Morgan fingerprint density at radius 2 is 1.62 bits per heavy atom. The van der Waals surface area contributed by atoms with E-state index in [-0.39, 0.29) is 0 Å². The van der Waals surface area contributed by atoms with E-state index in [1.807, 2.05) is 13.0 Å². The number of hydrogen-bond acceptors (Lipinski definition) is 0. The van der Waals surface area contributed by atoms with E-state index >= 15 is 0 Å². The minimum Gasteiger partial charge on any atom is -0.124 e. The van der Waals surface area contributed by atoms with E-state index in [4.69, 9.17) is 0 Å². The van der Waals surface area contributed by atoms with Gasteiger partial charge in [0.2, 0.25) is 0 Å². The summed E-state index contributed by atoms with van der Waals surface area (Å²) in [7, 11) is 0. The Balaban J connectivity index is 0. The van der Waals surface area contributed by atoms with Crippen LogP contribution in [0.3, 0.4) is 0 Å². The van der Waals surface area contributed by atoms with Gasteiger partial charge in [-0.05, 0) is 18.9 Å². The normalized spacial score (nSPS) is 6.77. The summed E-state index contributed by atoms with van der Waals surface area (Å²) in [6, 6.07) is 10.5. The lowest BCUT2D eigenvalue weighted by atomic mass is 10.2. The Labute approximate surface area is 82.3 Å². The molecule has 0 atom stereocenters. The number of hydrogen-bond donors (Lipinski definition) is 0. The lowest BCUT2D eigenvalue weighted by Crippen LogP contribution is -1.73. The van der Waals surface area contributed by atoms with E-state index in [0.717, 1.165) is 6.42 Å². The third kappa shape index (κ3) is 10.5. The van der Waals surface area contributed by atoms with Crippen molar-refractivity contribution in [2.24, 2.45) is 0 Å². The summed E-state index contributed by atoms with van der Waals surface area (Å²) in [5, 5.41) is 0. The minimum atomic E-state index is 1.14. The fourth-order valence-electron chi connectivity index (χ4n) is 0.714. The van der Waals surface area contributed by atoms with Crippen LogP contribution < -0.4 is 0 Å². The lowest BCUT2D eigenvalue weighted by Gasteiger charge is -1.89. The molecule has 0 N–H and O–H groups in total. The molecule has 0 aliphatic carbocycles. The smallest absolute Gasteiger partial charge is 0.0307 e. The molecule has 0 nitrogen and oxygen atoms in total. The Morgan fingerprint density at radius 1 is 1.23 bits per heavy atom. The van der Waals surface area contributed by atoms with Crippen LogP contribution in [0.15, 0.2) is 43.0 Å². The maximum atomic E-state index is 4.00. The second-order valence-corrected chi connectivity index (χ2v) is 2.25. The molecule has 13 heavy (non-hydrogen) atoms. The van der Waals surface area contributed by atoms with E-state index in [1.54, 1.807) is 6.08 Å². The van der Waals surface area contributed by atoms with Crippen molar-refractivity contribution in [3.05, 3.63) is 48.6 Å². The van der Waals surface area contributed by atoms with Crippen molar-refractivity contribution in [1.82, 2.24) is 0 Å². The first kappa shape index (κ1) is 14.1. The molecule has 0 radical (unpaired) electrons. The molecule has 0 heteroatoms. The Kier molecular flexibility index (Phi) is 14.2. The average molecular weight is 174 g/mol. The van der Waals surface area contributed by atoms with E-state index in [1.165, 1.54) is 5.56 Å². The van der Waals surface area contributed by atoms with Crippen molar-refractivity contribution in [3.63, 3.8) is 0 Å². The third-order valence-corrected chi connectivity index (χ3v) is 1.25. The minimum absolute atomic E-state index is 1.14. The van der Waals surface area contributed by atoms with Crippen LogP contribution in [0.2, 0.25) is 0 Å². The first-order chi connectivity index (χ1) is 6.35. The maximum absolute atomic E-state index is 4.00. The van der Waals surface area contributed by atoms with E-state index < -0.39 is 0 Å². The molecule has 0 unspecified atom stereocenters. The predicted octanol–water partition coefficient (Wildman–Crippen LogP) is 3.69. The zero-order valence-corrected chi connectivity index (χ0v) is 8.53. The van der Waals surface area contributed by atoms with E-state index in [2.05, 4.69) is 50.6 Å². The van der Waals surface area contributed by atoms with Crippen LogP contribution in [0.4, 0.5) is 0 Å². The number of benzene rings is 1. The summed E-state index contributed by atoms with van der Waals surface area (Å²) in [5.74, 6) is 0. The highest BCUT2D eigenvalue weighted by Gasteiger charge is 1.79. The Hall–Kier alpha value is -1.48. The summed E-state index contributed by atoms with van der Waals surface area (Å²) >= 11 is 0. The molecule has 0 aliphatic rings. The number of terminal acetylenes is 1. The van der Waals surface area contributed by atoms with Gasteiger partial charge in [-0.25, -0.2) is 0 Å². The molecule has 0 saturated carbocycles. The molecule has 1 aromatic rings. The highest BCUT2D eigenvalue weighted by atomic mass is 13.9. The van der Waals surface area contributed by atoms with Gasteiger partial charge in [0.15, 0.2) is 0 Å². The molecule has 0 bridgehead atoms. The summed E-state index contributed by atoms with van der Waals surface area (Å²) in [6.07, 6.45) is 10.9. The summed E-state index contributed by atoms with van der Waals surface area (Å²) < 4.78 is 0. The van der Waals surface area contributed by atoms with Gasteiger partial charge in [0, 0.05) is 0 Å². The zero-order valence-electron chi connectivity index (χ0n) is 8.53. The predicted molar refractivity (Wildman–Crippen MR) is 61.6 cm³/mol. The molecule has 1 rings (SSSR count). The van der Waals surface area contributed by atoms with Gasteiger partial charge in [-0.3, -0.25) is 0 Å². The van der Waals surface area contributed by atoms with Crippen molar-refractivity contribution in [1.29, 1.82) is 0 Å². The van der Waals surface area contributed by atoms with Crippen molar-refractivity contribution < 1.29 is 0 Å². The molecule has 0 aliphatic heterocycles. The van der Waals surface area contributed by atoms with Crippen molar-refractivity contribution in [2.75, 3.05) is 0 Å². The fraction of sp³-hybridized carbons (Fsp3) is 0.231. The van der Waals surface area contributed by atoms with Crippen molar-refractivity contribution in [2.45, 2.75) is 20.3 Å². The van der Waals surface area contributed by atoms with Crippen LogP contribution in [0.5, 0.6) is 0 Å². The largest absolute Gasteiger partial charge is 0.124 e. The van der Waals surface area contributed by atoms with Crippen LogP contribution in [0.25, 0.3) is 0 Å². The highest BCUT2D eigenvalue weighted by Crippen LogP contribution is 1.96. The number of allylic oxidation sites excluding steroid dienone is 1. The second-order valence-electron chi connectivity index (χ2n) is 2.25. The standard InChI is InChI=1S/C8H10.C3H6.C2H2/c1-2-8-6-4-3-5-7-8;1-3-2;1-2/h3-7H,2H2,1H3;3H,1H2,2H3;1-2H. The molecule has 0 amide bonds. The van der Waals surface area contributed by atoms with Crippen LogP contribution in [0, 0.1) is 12.8 Å². The first-order valence-corrected chi connectivity index (χ1v) is 4.29. The average Bonchev–Trinajstić information content (AvgIpc) is 2.23. The highest BCUT2D eigenvalue weighted by molar-refractivity contribution is 5.13. The number of aryl methyl sites for hydroxylation is 1. The molecule has 0 fully saturated rings. The lowest BCUT2D eigenvalue weighted by molar-refractivity contribution is 1.14. The summed E-state index contributed by atoms with van der Waals surface area (Å²) in [4.78, 5) is 0. The molecule has 1 aromatic carbocycles. The van der Waals surface area contributed by atoms with Gasteiger partial charge in [-0.15, -0.1) is 19.4 Å². The maximum Gasteiger partial charge on any atom is -0.0307 e. The van der Waals surface area contributed by atoms with Gasteiger partial charge in [0.05, 0.1) is 0 Å². The zero-order chi connectivity index (χ0) is 10.5. The molecule has 70 valence electrons. The van der Waals surface area contributed by atoms with E-state index in [9.17, 15) is 0 Å². The van der Waals surface area contributed by atoms with Gasteiger partial charge >= 0.3 is 0 Å². The fourth-order valence-corrected chi connectivity index (χ4v) is 0.714. The van der Waals surface area contributed by atoms with Gasteiger partial charge in [0.25, 0.3) is 0 Å². The molecular formula is C13H18. The summed E-state index contributed by atoms with van der Waals surface area (Å²) in [5.41, 5.74) is 1.41. The molecule has 0 aromatic heterocycles. The van der Waals surface area contributed by atoms with Crippen LogP contribution >= 0.6 is 0 Å². The Morgan fingerprint density at radius 3 is 1.85 bits per heavy atom. The van der Waals surface area contributed by atoms with Crippen molar-refractivity contribution in [3.8, 4) is 12.8 Å². The molecule has 0 spiro atoms. The monoisotopic (exact) mass is 174 g/mol. The second kappa shape index (κ2) is 13.1. The first-order valence-electron chi connectivity index (χ1n) is 4.29. The molecule has 0 saturated heterocycles. The topological polar surface area (TPSA) is 0 Å². The molecule has 0 heterocycles. The van der Waals surface area contributed by atoms with Crippen LogP contribution in [-0.2, 0) is 6.42 Å². The quantitative estimate of drug-likeness (QED) is 0.450. The molecular weight excluding hydrogens is 156 g/mol.